The van der Waals surface area contributed by atoms with Crippen molar-refractivity contribution in [3.05, 3.63) is 0 Å². The van der Waals surface area contributed by atoms with Crippen molar-refractivity contribution in [1.29, 1.82) is 0 Å². The molecule has 2 N–H and O–H groups in total. The van der Waals surface area contributed by atoms with Gasteiger partial charge in [-0.2, -0.15) is 0 Å². The molecule has 1 saturated carbocycles. The van der Waals surface area contributed by atoms with Crippen molar-refractivity contribution in [2.75, 3.05) is 6.61 Å². The standard InChI is InChI=1S/C10H16O4/c1-5-6-3-8(11)10(2,13)7(6)4-14-9(5)12/h5-8,11,13H,3-4H2,1-2H3. The second kappa shape index (κ2) is 2.94. The van der Waals surface area contributed by atoms with Crippen molar-refractivity contribution < 1.29 is 19.7 Å². The predicted octanol–water partition coefficient (Wildman–Crippen LogP) is -0.0727. The van der Waals surface area contributed by atoms with Crippen molar-refractivity contribution in [2.45, 2.75) is 32.0 Å². The number of rotatable bonds is 0. The third kappa shape index (κ3) is 1.17. The van der Waals surface area contributed by atoms with Crippen LogP contribution in [-0.2, 0) is 9.53 Å². The lowest BCUT2D eigenvalue weighted by Crippen LogP contribution is -2.46. The summed E-state index contributed by atoms with van der Waals surface area (Å²) in [6.45, 7) is 3.65. The summed E-state index contributed by atoms with van der Waals surface area (Å²) in [6, 6.07) is 0. The van der Waals surface area contributed by atoms with E-state index in [1.165, 1.54) is 0 Å². The monoisotopic (exact) mass is 200 g/mol. The molecule has 5 unspecified atom stereocenters. The Labute approximate surface area is 82.9 Å². The summed E-state index contributed by atoms with van der Waals surface area (Å²) < 4.78 is 4.98. The Morgan fingerprint density at radius 1 is 1.57 bits per heavy atom. The Hall–Kier alpha value is -0.610. The molecule has 2 rings (SSSR count). The smallest absolute Gasteiger partial charge is 0.308 e. The van der Waals surface area contributed by atoms with Gasteiger partial charge in [0.15, 0.2) is 0 Å². The summed E-state index contributed by atoms with van der Waals surface area (Å²) in [5.41, 5.74) is -1.11. The van der Waals surface area contributed by atoms with Crippen molar-refractivity contribution in [2.24, 2.45) is 17.8 Å². The van der Waals surface area contributed by atoms with Crippen LogP contribution in [0.4, 0.5) is 0 Å². The number of aliphatic hydroxyl groups is 2. The first-order chi connectivity index (χ1) is 6.44. The van der Waals surface area contributed by atoms with Crippen LogP contribution in [0.1, 0.15) is 20.3 Å². The van der Waals surface area contributed by atoms with E-state index in [0.717, 1.165) is 0 Å². The largest absolute Gasteiger partial charge is 0.465 e. The van der Waals surface area contributed by atoms with E-state index < -0.39 is 11.7 Å². The van der Waals surface area contributed by atoms with E-state index in [9.17, 15) is 15.0 Å². The molecule has 80 valence electrons. The van der Waals surface area contributed by atoms with E-state index in [2.05, 4.69) is 0 Å². The summed E-state index contributed by atoms with van der Waals surface area (Å²) in [7, 11) is 0. The average molecular weight is 200 g/mol. The highest BCUT2D eigenvalue weighted by Gasteiger charge is 2.55. The molecule has 1 aliphatic heterocycles. The van der Waals surface area contributed by atoms with Gasteiger partial charge in [0.1, 0.15) is 0 Å². The van der Waals surface area contributed by atoms with Crippen LogP contribution >= 0.6 is 0 Å². The van der Waals surface area contributed by atoms with Crippen LogP contribution in [0.15, 0.2) is 0 Å². The normalized spacial score (nSPS) is 52.7. The summed E-state index contributed by atoms with van der Waals surface area (Å²) in [6.07, 6.45) is -0.247. The number of carbonyl (C=O) groups is 1. The molecule has 5 atom stereocenters. The Balaban J connectivity index is 2.25. The third-order valence-corrected chi connectivity index (χ3v) is 3.86. The van der Waals surface area contributed by atoms with Crippen LogP contribution in [0.2, 0.25) is 0 Å². The van der Waals surface area contributed by atoms with Crippen LogP contribution in [0.3, 0.4) is 0 Å². The van der Waals surface area contributed by atoms with Crippen molar-refractivity contribution in [3.8, 4) is 0 Å². The number of aliphatic hydroxyl groups excluding tert-OH is 1. The minimum atomic E-state index is -1.11. The van der Waals surface area contributed by atoms with Crippen LogP contribution in [0, 0.1) is 17.8 Å². The van der Waals surface area contributed by atoms with Gasteiger partial charge in [-0.1, -0.05) is 6.92 Å². The Morgan fingerprint density at radius 2 is 2.21 bits per heavy atom. The lowest BCUT2D eigenvalue weighted by Gasteiger charge is -2.35. The molecule has 0 bridgehead atoms. The molecular formula is C10H16O4. The number of ether oxygens (including phenoxy) is 1. The number of hydrogen-bond donors (Lipinski definition) is 2. The second-order valence-corrected chi connectivity index (χ2v) is 4.67. The molecule has 2 aliphatic rings. The minimum absolute atomic E-state index is 0.0567. The van der Waals surface area contributed by atoms with Gasteiger partial charge in [-0.05, 0) is 19.3 Å². The molecule has 14 heavy (non-hydrogen) atoms. The van der Waals surface area contributed by atoms with Gasteiger partial charge in [0.2, 0.25) is 0 Å². The number of carbonyl (C=O) groups excluding carboxylic acids is 1. The summed E-state index contributed by atoms with van der Waals surface area (Å²) in [5.74, 6) is -0.486. The molecule has 4 nitrogen and oxygen atoms in total. The van der Waals surface area contributed by atoms with Crippen molar-refractivity contribution >= 4 is 5.97 Å². The van der Waals surface area contributed by atoms with E-state index in [-0.39, 0.29) is 30.3 Å². The average Bonchev–Trinajstić information content (AvgIpc) is 2.33. The molecule has 0 amide bonds. The van der Waals surface area contributed by atoms with E-state index in [0.29, 0.717) is 6.42 Å². The molecule has 4 heteroatoms. The SMILES string of the molecule is CC1C(=O)OCC2C1CC(O)C2(C)O. The molecule has 0 aromatic heterocycles. The van der Waals surface area contributed by atoms with E-state index >= 15 is 0 Å². The van der Waals surface area contributed by atoms with Crippen molar-refractivity contribution in [3.63, 3.8) is 0 Å². The Kier molecular flexibility index (Phi) is 2.08. The molecule has 0 aromatic rings. The van der Waals surface area contributed by atoms with Gasteiger partial charge in [-0.15, -0.1) is 0 Å². The van der Waals surface area contributed by atoms with E-state index in [4.69, 9.17) is 4.74 Å². The first kappa shape index (κ1) is 9.93. The zero-order chi connectivity index (χ0) is 10.5. The van der Waals surface area contributed by atoms with Crippen LogP contribution in [0.5, 0.6) is 0 Å². The number of esters is 1. The van der Waals surface area contributed by atoms with Crippen LogP contribution < -0.4 is 0 Å². The second-order valence-electron chi connectivity index (χ2n) is 4.67. The fourth-order valence-corrected chi connectivity index (χ4v) is 2.66. The molecule has 0 aromatic carbocycles. The fourth-order valence-electron chi connectivity index (χ4n) is 2.66. The highest BCUT2D eigenvalue weighted by Crippen LogP contribution is 2.46. The van der Waals surface area contributed by atoms with Gasteiger partial charge in [-0.3, -0.25) is 4.79 Å². The molecule has 1 heterocycles. The van der Waals surface area contributed by atoms with E-state index in [1.54, 1.807) is 13.8 Å². The first-order valence-electron chi connectivity index (χ1n) is 5.01. The maximum Gasteiger partial charge on any atom is 0.308 e. The fraction of sp³-hybridized carbons (Fsp3) is 0.900. The molecule has 1 saturated heterocycles. The summed E-state index contributed by atoms with van der Waals surface area (Å²) in [5, 5.41) is 19.7. The zero-order valence-corrected chi connectivity index (χ0v) is 8.43. The highest BCUT2D eigenvalue weighted by molar-refractivity contribution is 5.73. The Bertz CT molecular complexity index is 261. The first-order valence-corrected chi connectivity index (χ1v) is 5.01. The Morgan fingerprint density at radius 3 is 2.86 bits per heavy atom. The van der Waals surface area contributed by atoms with Crippen LogP contribution in [-0.4, -0.2) is 34.5 Å². The van der Waals surface area contributed by atoms with Gasteiger partial charge in [-0.25, -0.2) is 0 Å². The molecule has 0 spiro atoms. The third-order valence-electron chi connectivity index (χ3n) is 3.86. The molecule has 2 fully saturated rings. The number of fused-ring (bicyclic) bond motifs is 1. The zero-order valence-electron chi connectivity index (χ0n) is 8.43. The summed E-state index contributed by atoms with van der Waals surface area (Å²) >= 11 is 0. The predicted molar refractivity (Wildman–Crippen MR) is 48.4 cm³/mol. The minimum Gasteiger partial charge on any atom is -0.465 e. The quantitative estimate of drug-likeness (QED) is 0.537. The van der Waals surface area contributed by atoms with Gasteiger partial charge in [0, 0.05) is 5.92 Å². The maximum absolute atomic E-state index is 11.3. The maximum atomic E-state index is 11.3. The topological polar surface area (TPSA) is 66.8 Å². The number of cyclic esters (lactones) is 1. The summed E-state index contributed by atoms with van der Waals surface area (Å²) in [4.78, 5) is 11.3. The molecule has 1 aliphatic carbocycles. The van der Waals surface area contributed by atoms with E-state index in [1.807, 2.05) is 0 Å². The number of hydrogen-bond acceptors (Lipinski definition) is 4. The van der Waals surface area contributed by atoms with Gasteiger partial charge in [0.05, 0.1) is 24.2 Å². The van der Waals surface area contributed by atoms with Crippen molar-refractivity contribution in [1.82, 2.24) is 0 Å². The van der Waals surface area contributed by atoms with Gasteiger partial charge in [0.25, 0.3) is 0 Å². The molecule has 0 radical (unpaired) electrons. The molecular weight excluding hydrogens is 184 g/mol. The highest BCUT2D eigenvalue weighted by atomic mass is 16.5. The van der Waals surface area contributed by atoms with Crippen LogP contribution in [0.25, 0.3) is 0 Å². The van der Waals surface area contributed by atoms with Gasteiger partial charge < -0.3 is 14.9 Å². The lowest BCUT2D eigenvalue weighted by atomic mass is 9.79. The van der Waals surface area contributed by atoms with Gasteiger partial charge >= 0.3 is 5.97 Å². The lowest BCUT2D eigenvalue weighted by molar-refractivity contribution is -0.166.